The highest BCUT2D eigenvalue weighted by Gasteiger charge is 2.32. The van der Waals surface area contributed by atoms with Crippen molar-refractivity contribution in [3.63, 3.8) is 0 Å². The second kappa shape index (κ2) is 3.23. The third kappa shape index (κ3) is 1.35. The number of anilines is 1. The van der Waals surface area contributed by atoms with Crippen molar-refractivity contribution in [2.75, 3.05) is 24.7 Å². The fourth-order valence-corrected chi connectivity index (χ4v) is 2.19. The molecule has 2 aliphatic rings. The standard InChI is InChI=1S/C11H17N3O/c1-8(2)10-5-11-13(9-6-15-7-9)3-4-14(11)12-10/h5,8-9H,3-4,6-7H2,1-2H3. The minimum Gasteiger partial charge on any atom is -0.377 e. The van der Waals surface area contributed by atoms with Crippen LogP contribution in [0.4, 0.5) is 5.82 Å². The maximum atomic E-state index is 5.25. The normalized spacial score (nSPS) is 20.9. The Hall–Kier alpha value is -1.03. The zero-order valence-electron chi connectivity index (χ0n) is 9.31. The average Bonchev–Trinajstić information content (AvgIpc) is 2.63. The van der Waals surface area contributed by atoms with Crippen LogP contribution in [-0.4, -0.2) is 35.6 Å². The molecule has 0 spiro atoms. The Morgan fingerprint density at radius 1 is 1.40 bits per heavy atom. The maximum Gasteiger partial charge on any atom is 0.127 e. The van der Waals surface area contributed by atoms with Crippen LogP contribution in [-0.2, 0) is 11.3 Å². The third-order valence-corrected chi connectivity index (χ3v) is 3.28. The van der Waals surface area contributed by atoms with E-state index >= 15 is 0 Å². The van der Waals surface area contributed by atoms with E-state index in [9.17, 15) is 0 Å². The molecular formula is C11H17N3O. The number of nitrogens with zero attached hydrogens (tertiary/aromatic N) is 3. The molecule has 3 heterocycles. The van der Waals surface area contributed by atoms with E-state index in [0.717, 1.165) is 26.3 Å². The molecule has 3 rings (SSSR count). The summed E-state index contributed by atoms with van der Waals surface area (Å²) in [6.07, 6.45) is 0. The van der Waals surface area contributed by atoms with Gasteiger partial charge in [-0.05, 0) is 5.92 Å². The van der Waals surface area contributed by atoms with Gasteiger partial charge < -0.3 is 9.64 Å². The van der Waals surface area contributed by atoms with Crippen LogP contribution < -0.4 is 4.90 Å². The molecule has 0 saturated carbocycles. The van der Waals surface area contributed by atoms with Crippen LogP contribution in [0.1, 0.15) is 25.5 Å². The van der Waals surface area contributed by atoms with Gasteiger partial charge in [-0.25, -0.2) is 4.68 Å². The SMILES string of the molecule is CC(C)c1cc2n(n1)CCN2C1COC1. The Labute approximate surface area is 89.8 Å². The summed E-state index contributed by atoms with van der Waals surface area (Å²) < 4.78 is 7.38. The molecule has 0 unspecified atom stereocenters. The predicted octanol–water partition coefficient (Wildman–Crippen LogP) is 1.23. The Kier molecular flexibility index (Phi) is 1.99. The molecule has 1 fully saturated rings. The van der Waals surface area contributed by atoms with Crippen LogP contribution in [0.15, 0.2) is 6.07 Å². The van der Waals surface area contributed by atoms with Gasteiger partial charge in [-0.1, -0.05) is 13.8 Å². The van der Waals surface area contributed by atoms with Crippen molar-refractivity contribution >= 4 is 5.82 Å². The van der Waals surface area contributed by atoms with Gasteiger partial charge in [-0.2, -0.15) is 5.10 Å². The first-order valence-electron chi connectivity index (χ1n) is 5.68. The van der Waals surface area contributed by atoms with Gasteiger partial charge in [0.15, 0.2) is 0 Å². The highest BCUT2D eigenvalue weighted by atomic mass is 16.5. The lowest BCUT2D eigenvalue weighted by Gasteiger charge is -2.35. The van der Waals surface area contributed by atoms with E-state index in [-0.39, 0.29) is 0 Å². The Balaban J connectivity index is 1.88. The van der Waals surface area contributed by atoms with Crippen molar-refractivity contribution in [3.05, 3.63) is 11.8 Å². The van der Waals surface area contributed by atoms with Gasteiger partial charge >= 0.3 is 0 Å². The molecule has 1 aromatic heterocycles. The van der Waals surface area contributed by atoms with E-state index in [1.165, 1.54) is 11.5 Å². The minimum atomic E-state index is 0.516. The van der Waals surface area contributed by atoms with Crippen LogP contribution >= 0.6 is 0 Å². The largest absolute Gasteiger partial charge is 0.377 e. The van der Waals surface area contributed by atoms with E-state index < -0.39 is 0 Å². The van der Waals surface area contributed by atoms with Crippen molar-refractivity contribution in [1.82, 2.24) is 9.78 Å². The summed E-state index contributed by atoms with van der Waals surface area (Å²) in [6, 6.07) is 2.82. The van der Waals surface area contributed by atoms with Crippen LogP contribution in [0.25, 0.3) is 0 Å². The molecule has 0 bridgehead atoms. The number of hydrogen-bond acceptors (Lipinski definition) is 3. The van der Waals surface area contributed by atoms with Crippen LogP contribution in [0, 0.1) is 0 Å². The third-order valence-electron chi connectivity index (χ3n) is 3.28. The summed E-state index contributed by atoms with van der Waals surface area (Å²) >= 11 is 0. The van der Waals surface area contributed by atoms with E-state index in [1.54, 1.807) is 0 Å². The highest BCUT2D eigenvalue weighted by Crippen LogP contribution is 2.29. The second-order valence-corrected chi connectivity index (χ2v) is 4.69. The number of ether oxygens (including phenoxy) is 1. The molecule has 15 heavy (non-hydrogen) atoms. The summed E-state index contributed by atoms with van der Waals surface area (Å²) in [6.45, 7) is 8.25. The van der Waals surface area contributed by atoms with Crippen molar-refractivity contribution < 1.29 is 4.74 Å². The summed E-state index contributed by atoms with van der Waals surface area (Å²) in [5.74, 6) is 1.80. The summed E-state index contributed by atoms with van der Waals surface area (Å²) in [5, 5.41) is 4.62. The van der Waals surface area contributed by atoms with Crippen molar-refractivity contribution in [3.8, 4) is 0 Å². The van der Waals surface area contributed by atoms with Crippen LogP contribution in [0.5, 0.6) is 0 Å². The lowest BCUT2D eigenvalue weighted by Crippen LogP contribution is -2.48. The van der Waals surface area contributed by atoms with Crippen molar-refractivity contribution in [2.45, 2.75) is 32.4 Å². The first kappa shape index (κ1) is 9.21. The molecule has 0 aliphatic carbocycles. The zero-order valence-corrected chi connectivity index (χ0v) is 9.31. The average molecular weight is 207 g/mol. The molecule has 0 N–H and O–H groups in total. The smallest absolute Gasteiger partial charge is 0.127 e. The van der Waals surface area contributed by atoms with Gasteiger partial charge in [0.2, 0.25) is 0 Å². The van der Waals surface area contributed by atoms with Gasteiger partial charge in [0, 0.05) is 12.6 Å². The van der Waals surface area contributed by atoms with Crippen LogP contribution in [0.3, 0.4) is 0 Å². The van der Waals surface area contributed by atoms with Gasteiger partial charge in [0.1, 0.15) is 5.82 Å². The molecule has 82 valence electrons. The first-order chi connectivity index (χ1) is 7.25. The van der Waals surface area contributed by atoms with Gasteiger partial charge in [0.05, 0.1) is 31.5 Å². The first-order valence-corrected chi connectivity index (χ1v) is 5.68. The lowest BCUT2D eigenvalue weighted by molar-refractivity contribution is 0.00886. The zero-order chi connectivity index (χ0) is 10.4. The molecule has 0 atom stereocenters. The Morgan fingerprint density at radius 3 is 2.80 bits per heavy atom. The molecule has 0 aromatic carbocycles. The molecule has 4 heteroatoms. The molecule has 1 aromatic rings. The number of rotatable bonds is 2. The van der Waals surface area contributed by atoms with E-state index in [0.29, 0.717) is 12.0 Å². The fourth-order valence-electron chi connectivity index (χ4n) is 2.19. The molecule has 0 radical (unpaired) electrons. The molecule has 4 nitrogen and oxygen atoms in total. The quantitative estimate of drug-likeness (QED) is 0.730. The molecule has 0 amide bonds. The topological polar surface area (TPSA) is 30.3 Å². The number of aromatic nitrogens is 2. The van der Waals surface area contributed by atoms with Gasteiger partial charge in [-0.15, -0.1) is 0 Å². The molecule has 2 aliphatic heterocycles. The predicted molar refractivity (Wildman–Crippen MR) is 58.3 cm³/mol. The van der Waals surface area contributed by atoms with Crippen molar-refractivity contribution in [1.29, 1.82) is 0 Å². The lowest BCUT2D eigenvalue weighted by atomic mass is 10.1. The summed E-state index contributed by atoms with van der Waals surface area (Å²) in [7, 11) is 0. The molecular weight excluding hydrogens is 190 g/mol. The van der Waals surface area contributed by atoms with Gasteiger partial charge in [0.25, 0.3) is 0 Å². The summed E-state index contributed by atoms with van der Waals surface area (Å²) in [5.41, 5.74) is 1.20. The van der Waals surface area contributed by atoms with E-state index in [2.05, 4.69) is 34.6 Å². The monoisotopic (exact) mass is 207 g/mol. The van der Waals surface area contributed by atoms with Crippen LogP contribution in [0.2, 0.25) is 0 Å². The van der Waals surface area contributed by atoms with Gasteiger partial charge in [-0.3, -0.25) is 0 Å². The highest BCUT2D eigenvalue weighted by molar-refractivity contribution is 5.46. The maximum absolute atomic E-state index is 5.25. The summed E-state index contributed by atoms with van der Waals surface area (Å²) in [4.78, 5) is 2.43. The van der Waals surface area contributed by atoms with E-state index in [1.807, 2.05) is 0 Å². The Morgan fingerprint density at radius 2 is 2.20 bits per heavy atom. The number of hydrogen-bond donors (Lipinski definition) is 0. The Bertz CT molecular complexity index is 368. The van der Waals surface area contributed by atoms with E-state index in [4.69, 9.17) is 4.74 Å². The minimum absolute atomic E-state index is 0.516. The number of fused-ring (bicyclic) bond motifs is 1. The second-order valence-electron chi connectivity index (χ2n) is 4.69. The molecule has 1 saturated heterocycles. The fraction of sp³-hybridized carbons (Fsp3) is 0.727. The van der Waals surface area contributed by atoms with Crippen molar-refractivity contribution in [2.24, 2.45) is 0 Å².